The minimum Gasteiger partial charge on any atom is -0.495 e. The van der Waals surface area contributed by atoms with Crippen LogP contribution in [0.1, 0.15) is 42.1 Å². The van der Waals surface area contributed by atoms with Crippen molar-refractivity contribution in [2.24, 2.45) is 0 Å². The number of hydrogen-bond acceptors (Lipinski definition) is 4. The lowest BCUT2D eigenvalue weighted by atomic mass is 9.93. The van der Waals surface area contributed by atoms with Gasteiger partial charge in [-0.05, 0) is 73.2 Å². The number of aryl methyl sites for hydroxylation is 1. The van der Waals surface area contributed by atoms with E-state index in [-0.39, 0.29) is 11.1 Å². The van der Waals surface area contributed by atoms with Gasteiger partial charge in [-0.3, -0.25) is 0 Å². The van der Waals surface area contributed by atoms with Crippen LogP contribution in [0.4, 0.5) is 4.39 Å². The minimum absolute atomic E-state index is 0.0562. The Kier molecular flexibility index (Phi) is 7.93. The third kappa shape index (κ3) is 5.60. The number of halogens is 2. The van der Waals surface area contributed by atoms with Gasteiger partial charge in [-0.15, -0.1) is 0 Å². The molecule has 0 radical (unpaired) electrons. The molecule has 184 valence electrons. The molecule has 1 unspecified atom stereocenters. The molecule has 0 spiro atoms. The van der Waals surface area contributed by atoms with Crippen LogP contribution in [0.2, 0.25) is 5.02 Å². The lowest BCUT2D eigenvalue weighted by Crippen LogP contribution is -2.33. The van der Waals surface area contributed by atoms with E-state index in [1.807, 2.05) is 35.9 Å². The van der Waals surface area contributed by atoms with Gasteiger partial charge < -0.3 is 18.9 Å². The van der Waals surface area contributed by atoms with Crippen molar-refractivity contribution in [3.05, 3.63) is 94.4 Å². The largest absolute Gasteiger partial charge is 0.495 e. The summed E-state index contributed by atoms with van der Waals surface area (Å²) >= 11 is 5.94. The van der Waals surface area contributed by atoms with E-state index in [2.05, 4.69) is 28.6 Å². The molecule has 1 aliphatic rings. The first kappa shape index (κ1) is 25.0. The molecule has 5 nitrogen and oxygen atoms in total. The van der Waals surface area contributed by atoms with E-state index in [0.29, 0.717) is 6.61 Å². The number of nitrogens with zero attached hydrogens (tertiary/aromatic N) is 3. The van der Waals surface area contributed by atoms with E-state index in [0.717, 1.165) is 65.3 Å². The van der Waals surface area contributed by atoms with Gasteiger partial charge in [0.1, 0.15) is 11.6 Å². The molecule has 0 amide bonds. The first-order valence-electron chi connectivity index (χ1n) is 11.7. The number of methoxy groups -OCH3 is 2. The molecule has 7 heteroatoms. The highest BCUT2D eigenvalue weighted by Crippen LogP contribution is 2.37. The number of rotatable bonds is 8. The molecule has 0 saturated carbocycles. The number of likely N-dealkylation sites (tertiary alicyclic amines) is 1. The van der Waals surface area contributed by atoms with Gasteiger partial charge in [-0.1, -0.05) is 30.3 Å². The van der Waals surface area contributed by atoms with Gasteiger partial charge in [-0.2, -0.15) is 0 Å². The maximum absolute atomic E-state index is 14.3. The van der Waals surface area contributed by atoms with Crippen LogP contribution in [0.15, 0.2) is 66.8 Å². The summed E-state index contributed by atoms with van der Waals surface area (Å²) < 4.78 is 27.3. The fourth-order valence-electron chi connectivity index (χ4n) is 4.61. The van der Waals surface area contributed by atoms with Crippen LogP contribution in [0.3, 0.4) is 0 Å². The molecule has 1 fully saturated rings. The molecular formula is C28H31ClFN3O2. The smallest absolute Gasteiger partial charge is 0.143 e. The summed E-state index contributed by atoms with van der Waals surface area (Å²) in [5.41, 5.74) is 5.88. The molecule has 0 bridgehead atoms. The molecule has 1 aromatic heterocycles. The Balaban J connectivity index is 1.63. The zero-order valence-electron chi connectivity index (χ0n) is 20.4. The SMILES string of the molecule is C=C1C(=Cc2ccc(-n3cnc(C)c3)c(OC)c2)CCCN1C(CCOC)c1ccc(Cl)c(F)c1. The maximum atomic E-state index is 14.3. The normalized spacial score (nSPS) is 16.1. The van der Waals surface area contributed by atoms with Gasteiger partial charge >= 0.3 is 0 Å². The van der Waals surface area contributed by atoms with Crippen LogP contribution in [0, 0.1) is 12.7 Å². The number of hydrogen-bond donors (Lipinski definition) is 0. The van der Waals surface area contributed by atoms with Crippen LogP contribution < -0.4 is 4.74 Å². The second kappa shape index (κ2) is 11.1. The summed E-state index contributed by atoms with van der Waals surface area (Å²) in [5.74, 6) is 0.356. The third-order valence-electron chi connectivity index (χ3n) is 6.40. The summed E-state index contributed by atoms with van der Waals surface area (Å²) in [7, 11) is 3.35. The standard InChI is InChI=1S/C28H31ClFN3O2/c1-19-17-32(18-31-19)27-10-7-21(15-28(27)35-4)14-22-6-5-12-33(20(22)2)26(11-13-34-3)23-8-9-24(29)25(30)16-23/h7-10,14-18,26H,2,5-6,11-13H2,1,3-4H3. The third-order valence-corrected chi connectivity index (χ3v) is 6.70. The van der Waals surface area contributed by atoms with E-state index in [4.69, 9.17) is 21.1 Å². The van der Waals surface area contributed by atoms with Crippen molar-refractivity contribution in [3.8, 4) is 11.4 Å². The lowest BCUT2D eigenvalue weighted by molar-refractivity contribution is 0.146. The summed E-state index contributed by atoms with van der Waals surface area (Å²) in [4.78, 5) is 6.58. The highest BCUT2D eigenvalue weighted by Gasteiger charge is 2.27. The minimum atomic E-state index is -0.412. The highest BCUT2D eigenvalue weighted by molar-refractivity contribution is 6.30. The Labute approximate surface area is 211 Å². The molecule has 2 heterocycles. The van der Waals surface area contributed by atoms with Crippen LogP contribution in [0.25, 0.3) is 11.8 Å². The average molecular weight is 496 g/mol. The summed E-state index contributed by atoms with van der Waals surface area (Å²) in [6, 6.07) is 11.1. The summed E-state index contributed by atoms with van der Waals surface area (Å²) in [6.45, 7) is 7.79. The van der Waals surface area contributed by atoms with Crippen molar-refractivity contribution in [2.75, 3.05) is 27.4 Å². The first-order valence-corrected chi connectivity index (χ1v) is 12.1. The Morgan fingerprint density at radius 2 is 2.06 bits per heavy atom. The van der Waals surface area contributed by atoms with E-state index in [9.17, 15) is 4.39 Å². The number of aromatic nitrogens is 2. The van der Waals surface area contributed by atoms with E-state index in [1.165, 1.54) is 6.07 Å². The predicted octanol–water partition coefficient (Wildman–Crippen LogP) is 6.75. The molecule has 1 aliphatic heterocycles. The van der Waals surface area contributed by atoms with Crippen LogP contribution in [-0.2, 0) is 4.74 Å². The van der Waals surface area contributed by atoms with Gasteiger partial charge in [0, 0.05) is 32.2 Å². The molecule has 4 rings (SSSR count). The molecule has 35 heavy (non-hydrogen) atoms. The Morgan fingerprint density at radius 3 is 2.74 bits per heavy atom. The van der Waals surface area contributed by atoms with Gasteiger partial charge in [-0.25, -0.2) is 9.37 Å². The summed E-state index contributed by atoms with van der Waals surface area (Å²) in [5, 5.41) is 0.126. The number of benzene rings is 2. The second-order valence-electron chi connectivity index (χ2n) is 8.74. The molecule has 3 aromatic rings. The number of imidazole rings is 1. The molecule has 2 aromatic carbocycles. The fraction of sp³-hybridized carbons (Fsp3) is 0.321. The van der Waals surface area contributed by atoms with Gasteiger partial charge in [0.2, 0.25) is 0 Å². The fourth-order valence-corrected chi connectivity index (χ4v) is 4.72. The highest BCUT2D eigenvalue weighted by atomic mass is 35.5. The topological polar surface area (TPSA) is 39.5 Å². The molecule has 1 atom stereocenters. The average Bonchev–Trinajstić information content (AvgIpc) is 3.29. The van der Waals surface area contributed by atoms with Gasteiger partial charge in [0.25, 0.3) is 0 Å². The van der Waals surface area contributed by atoms with Crippen molar-refractivity contribution in [2.45, 2.75) is 32.2 Å². The van der Waals surface area contributed by atoms with E-state index in [1.54, 1.807) is 26.6 Å². The molecular weight excluding hydrogens is 465 g/mol. The van der Waals surface area contributed by atoms with E-state index < -0.39 is 5.82 Å². The van der Waals surface area contributed by atoms with Crippen molar-refractivity contribution in [1.82, 2.24) is 14.5 Å². The van der Waals surface area contributed by atoms with Crippen LogP contribution >= 0.6 is 11.6 Å². The number of allylic oxidation sites excluding steroid dienone is 1. The lowest BCUT2D eigenvalue weighted by Gasteiger charge is -2.39. The van der Waals surface area contributed by atoms with Gasteiger partial charge in [0.15, 0.2) is 0 Å². The quantitative estimate of drug-likeness (QED) is 0.346. The molecule has 1 saturated heterocycles. The predicted molar refractivity (Wildman–Crippen MR) is 139 cm³/mol. The zero-order chi connectivity index (χ0) is 24.9. The van der Waals surface area contributed by atoms with Crippen molar-refractivity contribution >= 4 is 17.7 Å². The second-order valence-corrected chi connectivity index (χ2v) is 9.14. The molecule has 0 aliphatic carbocycles. The van der Waals surface area contributed by atoms with Crippen LogP contribution in [0.5, 0.6) is 5.75 Å². The zero-order valence-corrected chi connectivity index (χ0v) is 21.2. The van der Waals surface area contributed by atoms with Crippen molar-refractivity contribution in [1.29, 1.82) is 0 Å². The first-order chi connectivity index (χ1) is 16.9. The monoisotopic (exact) mass is 495 g/mol. The van der Waals surface area contributed by atoms with Gasteiger partial charge in [0.05, 0.1) is 35.9 Å². The Morgan fingerprint density at radius 1 is 1.23 bits per heavy atom. The van der Waals surface area contributed by atoms with Crippen molar-refractivity contribution in [3.63, 3.8) is 0 Å². The Hall–Kier alpha value is -3.09. The van der Waals surface area contributed by atoms with Crippen LogP contribution in [-0.4, -0.2) is 41.8 Å². The summed E-state index contributed by atoms with van der Waals surface area (Å²) in [6.07, 6.45) is 8.54. The van der Waals surface area contributed by atoms with E-state index >= 15 is 0 Å². The van der Waals surface area contributed by atoms with Crippen molar-refractivity contribution < 1.29 is 13.9 Å². The number of ether oxygens (including phenoxy) is 2. The maximum Gasteiger partial charge on any atom is 0.143 e. The Bertz CT molecular complexity index is 1240. The number of piperidine rings is 1. The molecule has 0 N–H and O–H groups in total.